The second-order valence-electron chi connectivity index (χ2n) is 7.55. The molecule has 3 aromatic carbocycles. The highest BCUT2D eigenvalue weighted by atomic mass is 19.2. The van der Waals surface area contributed by atoms with E-state index in [2.05, 4.69) is 53.3 Å². The third-order valence-electron chi connectivity index (χ3n) is 5.39. The molecule has 152 valence electrons. The van der Waals surface area contributed by atoms with Crippen LogP contribution in [0.25, 0.3) is 33.9 Å². The topological polar surface area (TPSA) is 30.7 Å². The van der Waals surface area contributed by atoms with Gasteiger partial charge in [0.15, 0.2) is 17.5 Å². The largest absolute Gasteiger partial charge is 0.348 e. The maximum atomic E-state index is 14.1. The first-order chi connectivity index (χ1) is 15.1. The smallest absolute Gasteiger partial charge is 0.169 e. The summed E-state index contributed by atoms with van der Waals surface area (Å²) in [6, 6.07) is 22.7. The van der Waals surface area contributed by atoms with E-state index in [0.29, 0.717) is 17.9 Å². The molecule has 2 aliphatic rings. The molecular weight excluding hydrogens is 392 g/mol. The molecule has 0 saturated heterocycles. The molecule has 5 rings (SSSR count). The molecule has 0 fully saturated rings. The van der Waals surface area contributed by atoms with Crippen LogP contribution in [-0.4, -0.2) is 14.5 Å². The molecule has 0 radical (unpaired) electrons. The summed E-state index contributed by atoms with van der Waals surface area (Å²) in [7, 11) is 0. The first kappa shape index (κ1) is 19.1. The fraction of sp³-hybridized carbons (Fsp3) is 0.0769. The molecule has 0 atom stereocenters. The van der Waals surface area contributed by atoms with Gasteiger partial charge in [0.05, 0.1) is 11.3 Å². The Labute approximate surface area is 179 Å². The summed E-state index contributed by atoms with van der Waals surface area (Å²) in [6.45, 7) is 2.78. The van der Waals surface area contributed by atoms with Crippen LogP contribution in [0.2, 0.25) is 0 Å². The van der Waals surface area contributed by atoms with Crippen molar-refractivity contribution in [3.8, 4) is 33.9 Å². The average Bonchev–Trinajstić information content (AvgIpc) is 3.20. The van der Waals surface area contributed by atoms with Crippen LogP contribution in [0.1, 0.15) is 11.1 Å². The molecule has 0 unspecified atom stereocenters. The van der Waals surface area contributed by atoms with Crippen LogP contribution >= 0.6 is 0 Å². The lowest BCUT2D eigenvalue weighted by molar-refractivity contribution is 0.510. The number of nitrogens with zero attached hydrogens (tertiary/aromatic N) is 3. The van der Waals surface area contributed by atoms with Gasteiger partial charge in [0, 0.05) is 18.9 Å². The third kappa shape index (κ3) is 3.70. The van der Waals surface area contributed by atoms with Gasteiger partial charge < -0.3 is 4.57 Å². The van der Waals surface area contributed by atoms with Gasteiger partial charge >= 0.3 is 0 Å². The molecule has 5 heteroatoms. The van der Waals surface area contributed by atoms with Crippen LogP contribution in [0, 0.1) is 18.6 Å². The summed E-state index contributed by atoms with van der Waals surface area (Å²) < 4.78 is 29.7. The summed E-state index contributed by atoms with van der Waals surface area (Å²) in [6.07, 6.45) is 3.79. The van der Waals surface area contributed by atoms with Gasteiger partial charge in [-0.1, -0.05) is 54.6 Å². The molecule has 0 bridgehead atoms. The fourth-order valence-electron chi connectivity index (χ4n) is 3.74. The standard InChI is InChI=1S/C26H19F2N3/c1-17-5-2-3-6-20(17)19-11-9-18(10-12-19)15-31-14-13-23-24(16-31)30-26(29-23)21-7-4-8-22(27)25(21)28/h2-14,16H,15H2,1H3. The van der Waals surface area contributed by atoms with E-state index in [4.69, 9.17) is 0 Å². The second kappa shape index (κ2) is 7.76. The van der Waals surface area contributed by atoms with Gasteiger partial charge in [-0.3, -0.25) is 0 Å². The number of aryl methyl sites for hydroxylation is 1. The Morgan fingerprint density at radius 3 is 2.32 bits per heavy atom. The van der Waals surface area contributed by atoms with Gasteiger partial charge in [-0.25, -0.2) is 18.7 Å². The van der Waals surface area contributed by atoms with Crippen molar-refractivity contribution in [2.75, 3.05) is 0 Å². The highest BCUT2D eigenvalue weighted by Crippen LogP contribution is 2.28. The van der Waals surface area contributed by atoms with Crippen LogP contribution in [-0.2, 0) is 6.54 Å². The van der Waals surface area contributed by atoms with E-state index >= 15 is 0 Å². The van der Waals surface area contributed by atoms with Crippen LogP contribution < -0.4 is 0 Å². The van der Waals surface area contributed by atoms with Crippen molar-refractivity contribution < 1.29 is 8.78 Å². The fourth-order valence-corrected chi connectivity index (χ4v) is 3.74. The molecule has 0 aliphatic carbocycles. The van der Waals surface area contributed by atoms with Gasteiger partial charge in [-0.05, 0) is 47.4 Å². The molecule has 3 aromatic rings. The van der Waals surface area contributed by atoms with Gasteiger partial charge in [-0.2, -0.15) is 0 Å². The van der Waals surface area contributed by atoms with E-state index in [0.717, 1.165) is 11.6 Å². The Kier molecular flexibility index (Phi) is 4.79. The number of rotatable bonds is 4. The Morgan fingerprint density at radius 2 is 1.52 bits per heavy atom. The number of benzene rings is 3. The van der Waals surface area contributed by atoms with Crippen LogP contribution in [0.15, 0.2) is 85.2 Å². The molecule has 0 N–H and O–H groups in total. The van der Waals surface area contributed by atoms with E-state index in [1.54, 1.807) is 0 Å². The average molecular weight is 411 g/mol. The van der Waals surface area contributed by atoms with Crippen molar-refractivity contribution in [1.82, 2.24) is 14.5 Å². The van der Waals surface area contributed by atoms with Crippen LogP contribution in [0.3, 0.4) is 0 Å². The maximum Gasteiger partial charge on any atom is 0.169 e. The molecule has 0 amide bonds. The SMILES string of the molecule is Cc1ccccc1-c1ccc(Cn2ccc3nc(-c4cccc(F)c4F)nc-3c2)cc1. The summed E-state index contributed by atoms with van der Waals surface area (Å²) >= 11 is 0. The Hall–Kier alpha value is -3.86. The summed E-state index contributed by atoms with van der Waals surface area (Å²) in [4.78, 5) is 8.77. The lowest BCUT2D eigenvalue weighted by Gasteiger charge is -2.10. The van der Waals surface area contributed by atoms with Crippen molar-refractivity contribution in [3.05, 3.63) is 108 Å². The zero-order valence-corrected chi connectivity index (χ0v) is 16.9. The Balaban J connectivity index is 1.41. The van der Waals surface area contributed by atoms with Crippen molar-refractivity contribution in [2.45, 2.75) is 13.5 Å². The monoisotopic (exact) mass is 411 g/mol. The molecule has 2 heterocycles. The number of imidazole rings is 1. The van der Waals surface area contributed by atoms with Gasteiger partial charge in [-0.15, -0.1) is 0 Å². The highest BCUT2D eigenvalue weighted by molar-refractivity contribution is 5.67. The molecule has 3 nitrogen and oxygen atoms in total. The maximum absolute atomic E-state index is 14.1. The first-order valence-electron chi connectivity index (χ1n) is 10.0. The predicted octanol–water partition coefficient (Wildman–Crippen LogP) is 6.35. The van der Waals surface area contributed by atoms with Gasteiger partial charge in [0.2, 0.25) is 0 Å². The summed E-state index contributed by atoms with van der Waals surface area (Å²) in [5, 5.41) is 0. The van der Waals surface area contributed by atoms with E-state index in [1.807, 2.05) is 35.2 Å². The van der Waals surface area contributed by atoms with Crippen LogP contribution in [0.4, 0.5) is 8.78 Å². The number of pyridine rings is 1. The summed E-state index contributed by atoms with van der Waals surface area (Å²) in [5.74, 6) is -1.65. The van der Waals surface area contributed by atoms with Gasteiger partial charge in [0.25, 0.3) is 0 Å². The van der Waals surface area contributed by atoms with E-state index in [9.17, 15) is 8.78 Å². The second-order valence-corrected chi connectivity index (χ2v) is 7.55. The molecule has 0 aromatic heterocycles. The predicted molar refractivity (Wildman–Crippen MR) is 118 cm³/mol. The summed E-state index contributed by atoms with van der Waals surface area (Å²) in [5.41, 5.74) is 6.16. The van der Waals surface area contributed by atoms with Crippen molar-refractivity contribution >= 4 is 0 Å². The molecule has 2 aliphatic heterocycles. The molecule has 31 heavy (non-hydrogen) atoms. The zero-order chi connectivity index (χ0) is 21.4. The van der Waals surface area contributed by atoms with E-state index < -0.39 is 11.6 Å². The van der Waals surface area contributed by atoms with Crippen molar-refractivity contribution in [2.24, 2.45) is 0 Å². The van der Waals surface area contributed by atoms with E-state index in [1.165, 1.54) is 28.8 Å². The minimum atomic E-state index is -0.931. The number of hydrogen-bond acceptors (Lipinski definition) is 2. The molecule has 0 saturated carbocycles. The van der Waals surface area contributed by atoms with Crippen molar-refractivity contribution in [1.29, 1.82) is 0 Å². The lowest BCUT2D eigenvalue weighted by atomic mass is 9.99. The van der Waals surface area contributed by atoms with Gasteiger partial charge in [0.1, 0.15) is 5.69 Å². The highest BCUT2D eigenvalue weighted by Gasteiger charge is 2.17. The zero-order valence-electron chi connectivity index (χ0n) is 16.9. The van der Waals surface area contributed by atoms with Crippen LogP contribution in [0.5, 0.6) is 0 Å². The number of halogens is 2. The van der Waals surface area contributed by atoms with Crippen molar-refractivity contribution in [3.63, 3.8) is 0 Å². The number of aromatic nitrogens is 3. The minimum absolute atomic E-state index is 0.0644. The lowest BCUT2D eigenvalue weighted by Crippen LogP contribution is -2.00. The number of hydrogen-bond donors (Lipinski definition) is 0. The molecular formula is C26H19F2N3. The molecule has 0 spiro atoms. The normalized spacial score (nSPS) is 11.2. The first-order valence-corrected chi connectivity index (χ1v) is 10.0. The minimum Gasteiger partial charge on any atom is -0.348 e. The Morgan fingerprint density at radius 1 is 0.774 bits per heavy atom. The Bertz CT molecular complexity index is 1340. The van der Waals surface area contributed by atoms with E-state index in [-0.39, 0.29) is 11.4 Å². The quantitative estimate of drug-likeness (QED) is 0.345. The number of fused-ring (bicyclic) bond motifs is 1. The third-order valence-corrected chi connectivity index (χ3v) is 5.39.